The Kier molecular flexibility index (Phi) is 5.14. The van der Waals surface area contributed by atoms with Crippen LogP contribution >= 0.6 is 15.9 Å². The smallest absolute Gasteiger partial charge is 0.227 e. The van der Waals surface area contributed by atoms with Gasteiger partial charge in [-0.05, 0) is 71.6 Å². The van der Waals surface area contributed by atoms with E-state index in [0.29, 0.717) is 5.69 Å². The fourth-order valence-electron chi connectivity index (χ4n) is 3.00. The average molecular weight is 392 g/mol. The van der Waals surface area contributed by atoms with E-state index in [1.54, 1.807) is 18.3 Å². The van der Waals surface area contributed by atoms with Crippen LogP contribution in [0.5, 0.6) is 0 Å². The zero-order chi connectivity index (χ0) is 17.1. The van der Waals surface area contributed by atoms with Gasteiger partial charge in [-0.3, -0.25) is 4.79 Å². The number of hydrogen-bond acceptors (Lipinski definition) is 3. The molecule has 1 fully saturated rings. The first-order valence-electron chi connectivity index (χ1n) is 7.96. The molecule has 1 aliphatic rings. The van der Waals surface area contributed by atoms with Crippen molar-refractivity contribution in [2.24, 2.45) is 5.92 Å². The molecule has 1 N–H and O–H groups in total. The molecule has 1 saturated heterocycles. The van der Waals surface area contributed by atoms with Crippen molar-refractivity contribution in [2.75, 3.05) is 23.3 Å². The third-order valence-electron chi connectivity index (χ3n) is 4.29. The Labute approximate surface area is 149 Å². The van der Waals surface area contributed by atoms with E-state index in [4.69, 9.17) is 0 Å². The lowest BCUT2D eigenvalue weighted by Gasteiger charge is -2.33. The lowest BCUT2D eigenvalue weighted by atomic mass is 9.95. The average Bonchev–Trinajstić information content (AvgIpc) is 2.57. The maximum absolute atomic E-state index is 12.9. The van der Waals surface area contributed by atoms with Gasteiger partial charge in [-0.1, -0.05) is 0 Å². The van der Waals surface area contributed by atoms with Gasteiger partial charge in [-0.25, -0.2) is 9.37 Å². The van der Waals surface area contributed by atoms with Gasteiger partial charge in [0.2, 0.25) is 5.91 Å². The topological polar surface area (TPSA) is 45.2 Å². The molecule has 6 heteroatoms. The number of pyridine rings is 1. The molecular weight excluding hydrogens is 373 g/mol. The molecule has 3 rings (SSSR count). The SMILES string of the molecule is Cc1cc(Br)cnc1N1CCC(C(=O)Nc2ccc(F)cc2)CC1. The number of aryl methyl sites for hydroxylation is 1. The van der Waals surface area contributed by atoms with E-state index in [0.717, 1.165) is 41.8 Å². The van der Waals surface area contributed by atoms with E-state index in [-0.39, 0.29) is 17.6 Å². The van der Waals surface area contributed by atoms with Gasteiger partial charge in [-0.2, -0.15) is 0 Å². The van der Waals surface area contributed by atoms with Crippen molar-refractivity contribution in [2.45, 2.75) is 19.8 Å². The maximum Gasteiger partial charge on any atom is 0.227 e. The zero-order valence-corrected chi connectivity index (χ0v) is 15.0. The lowest BCUT2D eigenvalue weighted by molar-refractivity contribution is -0.120. The number of hydrogen-bond donors (Lipinski definition) is 1. The fraction of sp³-hybridized carbons (Fsp3) is 0.333. The molecule has 0 spiro atoms. The van der Waals surface area contributed by atoms with Crippen LogP contribution in [-0.2, 0) is 4.79 Å². The molecule has 0 atom stereocenters. The number of anilines is 2. The number of piperidine rings is 1. The summed E-state index contributed by atoms with van der Waals surface area (Å²) in [5.74, 6) is 0.651. The summed E-state index contributed by atoms with van der Waals surface area (Å²) in [6.07, 6.45) is 3.37. The molecule has 126 valence electrons. The first kappa shape index (κ1) is 16.9. The van der Waals surface area contributed by atoms with Crippen LogP contribution in [0.25, 0.3) is 0 Å². The highest BCUT2D eigenvalue weighted by atomic mass is 79.9. The summed E-state index contributed by atoms with van der Waals surface area (Å²) >= 11 is 3.43. The Hall–Kier alpha value is -1.95. The number of aromatic nitrogens is 1. The van der Waals surface area contributed by atoms with E-state index in [9.17, 15) is 9.18 Å². The summed E-state index contributed by atoms with van der Waals surface area (Å²) in [6, 6.07) is 7.91. The second-order valence-electron chi connectivity index (χ2n) is 6.05. The number of carbonyl (C=O) groups excluding carboxylic acids is 1. The van der Waals surface area contributed by atoms with Crippen molar-refractivity contribution in [3.8, 4) is 0 Å². The highest BCUT2D eigenvalue weighted by Gasteiger charge is 2.26. The largest absolute Gasteiger partial charge is 0.356 e. The van der Waals surface area contributed by atoms with Gasteiger partial charge in [-0.15, -0.1) is 0 Å². The molecule has 1 aromatic heterocycles. The van der Waals surface area contributed by atoms with Crippen LogP contribution in [0.4, 0.5) is 15.9 Å². The van der Waals surface area contributed by atoms with Gasteiger partial charge in [0.15, 0.2) is 0 Å². The minimum atomic E-state index is -0.307. The van der Waals surface area contributed by atoms with E-state index in [1.165, 1.54) is 12.1 Å². The van der Waals surface area contributed by atoms with Crippen molar-refractivity contribution in [3.63, 3.8) is 0 Å². The predicted molar refractivity (Wildman–Crippen MR) is 96.6 cm³/mol. The van der Waals surface area contributed by atoms with E-state index in [1.807, 2.05) is 6.92 Å². The van der Waals surface area contributed by atoms with Gasteiger partial charge in [0.1, 0.15) is 11.6 Å². The molecule has 1 amide bonds. The van der Waals surface area contributed by atoms with E-state index in [2.05, 4.69) is 37.2 Å². The molecule has 2 heterocycles. The van der Waals surface area contributed by atoms with Gasteiger partial charge in [0.05, 0.1) is 0 Å². The van der Waals surface area contributed by atoms with E-state index >= 15 is 0 Å². The number of halogens is 2. The lowest BCUT2D eigenvalue weighted by Crippen LogP contribution is -2.38. The summed E-state index contributed by atoms with van der Waals surface area (Å²) in [5.41, 5.74) is 1.76. The Morgan fingerprint density at radius 3 is 2.58 bits per heavy atom. The zero-order valence-electron chi connectivity index (χ0n) is 13.4. The summed E-state index contributed by atoms with van der Waals surface area (Å²) in [5, 5.41) is 2.87. The molecule has 4 nitrogen and oxygen atoms in total. The first-order chi connectivity index (χ1) is 11.5. The first-order valence-corrected chi connectivity index (χ1v) is 8.76. The minimum Gasteiger partial charge on any atom is -0.356 e. The van der Waals surface area contributed by atoms with Crippen LogP contribution in [0.1, 0.15) is 18.4 Å². The summed E-state index contributed by atoms with van der Waals surface area (Å²) in [7, 11) is 0. The summed E-state index contributed by atoms with van der Waals surface area (Å²) in [6.45, 7) is 3.65. The van der Waals surface area contributed by atoms with Gasteiger partial charge >= 0.3 is 0 Å². The van der Waals surface area contributed by atoms with Crippen LogP contribution in [0.2, 0.25) is 0 Å². The van der Waals surface area contributed by atoms with Crippen LogP contribution < -0.4 is 10.2 Å². The van der Waals surface area contributed by atoms with Crippen molar-refractivity contribution < 1.29 is 9.18 Å². The predicted octanol–water partition coefficient (Wildman–Crippen LogP) is 4.15. The molecule has 0 aliphatic carbocycles. The third kappa shape index (κ3) is 3.93. The number of nitrogens with one attached hydrogen (secondary N) is 1. The highest BCUT2D eigenvalue weighted by Crippen LogP contribution is 2.26. The Morgan fingerprint density at radius 2 is 1.96 bits per heavy atom. The molecule has 2 aromatic rings. The fourth-order valence-corrected chi connectivity index (χ4v) is 3.44. The molecule has 0 bridgehead atoms. The number of rotatable bonds is 3. The molecule has 1 aliphatic heterocycles. The molecule has 0 radical (unpaired) electrons. The molecule has 24 heavy (non-hydrogen) atoms. The number of carbonyl (C=O) groups is 1. The Balaban J connectivity index is 1.58. The van der Waals surface area contributed by atoms with Gasteiger partial charge < -0.3 is 10.2 Å². The van der Waals surface area contributed by atoms with Crippen molar-refractivity contribution >= 4 is 33.3 Å². The summed E-state index contributed by atoms with van der Waals surface area (Å²) < 4.78 is 13.9. The van der Waals surface area contributed by atoms with E-state index < -0.39 is 0 Å². The van der Waals surface area contributed by atoms with Crippen LogP contribution in [0, 0.1) is 18.7 Å². The molecule has 1 aromatic carbocycles. The number of nitrogens with zero attached hydrogens (tertiary/aromatic N) is 2. The molecule has 0 saturated carbocycles. The van der Waals surface area contributed by atoms with Crippen molar-refractivity contribution in [1.29, 1.82) is 0 Å². The quantitative estimate of drug-likeness (QED) is 0.854. The summed E-state index contributed by atoms with van der Waals surface area (Å²) in [4.78, 5) is 19.1. The second-order valence-corrected chi connectivity index (χ2v) is 6.97. The third-order valence-corrected chi connectivity index (χ3v) is 4.73. The molecule has 0 unspecified atom stereocenters. The minimum absolute atomic E-state index is 0.00162. The maximum atomic E-state index is 12.9. The van der Waals surface area contributed by atoms with Crippen LogP contribution in [-0.4, -0.2) is 24.0 Å². The number of benzene rings is 1. The monoisotopic (exact) mass is 391 g/mol. The second kappa shape index (κ2) is 7.30. The standard InChI is InChI=1S/C18H19BrFN3O/c1-12-10-14(19)11-21-17(12)23-8-6-13(7-9-23)18(24)22-16-4-2-15(20)3-5-16/h2-5,10-11,13H,6-9H2,1H3,(H,22,24). The van der Waals surface area contributed by atoms with Gasteiger partial charge in [0.25, 0.3) is 0 Å². The molecular formula is C18H19BrFN3O. The van der Waals surface area contributed by atoms with Crippen LogP contribution in [0.15, 0.2) is 41.0 Å². The van der Waals surface area contributed by atoms with Gasteiger partial charge in [0, 0.05) is 35.4 Å². The number of amides is 1. The Morgan fingerprint density at radius 1 is 1.29 bits per heavy atom. The highest BCUT2D eigenvalue weighted by molar-refractivity contribution is 9.10. The Bertz CT molecular complexity index is 728. The van der Waals surface area contributed by atoms with Crippen molar-refractivity contribution in [1.82, 2.24) is 4.98 Å². The van der Waals surface area contributed by atoms with Crippen LogP contribution in [0.3, 0.4) is 0 Å². The van der Waals surface area contributed by atoms with Crippen molar-refractivity contribution in [3.05, 3.63) is 52.4 Å². The normalized spacial score (nSPS) is 15.4.